The van der Waals surface area contributed by atoms with E-state index in [1.165, 1.54) is 12.1 Å². The molecule has 4 nitrogen and oxygen atoms in total. The first kappa shape index (κ1) is 11.2. The summed E-state index contributed by atoms with van der Waals surface area (Å²) in [5.41, 5.74) is 5.91. The maximum atomic E-state index is 10.4. The molecule has 0 bridgehead atoms. The first-order valence-corrected chi connectivity index (χ1v) is 4.45. The molecular formula is C11H12N2O2. The molecule has 0 radical (unpaired) electrons. The fourth-order valence-electron chi connectivity index (χ4n) is 0.900. The molecule has 0 saturated heterocycles. The van der Waals surface area contributed by atoms with Crippen molar-refractivity contribution >= 4 is 5.69 Å². The summed E-state index contributed by atoms with van der Waals surface area (Å²) < 4.78 is 0. The van der Waals surface area contributed by atoms with Crippen LogP contribution in [0.3, 0.4) is 0 Å². The lowest BCUT2D eigenvalue weighted by atomic mass is 10.1. The number of benzene rings is 1. The summed E-state index contributed by atoms with van der Waals surface area (Å²) in [7, 11) is 0. The van der Waals surface area contributed by atoms with Gasteiger partial charge in [-0.25, -0.2) is 0 Å². The van der Waals surface area contributed by atoms with E-state index in [-0.39, 0.29) is 5.69 Å². The van der Waals surface area contributed by atoms with Gasteiger partial charge < -0.3 is 5.73 Å². The third-order valence-corrected chi connectivity index (χ3v) is 1.61. The summed E-state index contributed by atoms with van der Waals surface area (Å²) in [5.74, 6) is 5.70. The van der Waals surface area contributed by atoms with Gasteiger partial charge in [0.25, 0.3) is 5.69 Å². The van der Waals surface area contributed by atoms with Crippen molar-refractivity contribution in [2.45, 2.75) is 19.4 Å². The van der Waals surface area contributed by atoms with Crippen LogP contribution in [-0.4, -0.2) is 10.5 Å². The highest BCUT2D eigenvalue weighted by Gasteiger charge is 2.05. The highest BCUT2D eigenvalue weighted by molar-refractivity contribution is 5.42. The fourth-order valence-corrected chi connectivity index (χ4v) is 0.900. The molecule has 0 fully saturated rings. The molecule has 0 aliphatic rings. The van der Waals surface area contributed by atoms with E-state index in [0.717, 1.165) is 5.56 Å². The Morgan fingerprint density at radius 1 is 1.33 bits per heavy atom. The standard InChI is InChI=1S/C11H12N2O2/c1-11(2,12)8-7-9-3-5-10(6-4-9)13(14)15/h3-6H,12H2,1-2H3. The minimum absolute atomic E-state index is 0.0626. The van der Waals surface area contributed by atoms with Crippen molar-refractivity contribution in [1.29, 1.82) is 0 Å². The van der Waals surface area contributed by atoms with Crippen molar-refractivity contribution in [1.82, 2.24) is 0 Å². The van der Waals surface area contributed by atoms with Crippen molar-refractivity contribution in [3.63, 3.8) is 0 Å². The Kier molecular flexibility index (Phi) is 3.08. The zero-order chi connectivity index (χ0) is 11.5. The topological polar surface area (TPSA) is 69.2 Å². The van der Waals surface area contributed by atoms with Crippen molar-refractivity contribution in [3.8, 4) is 11.8 Å². The summed E-state index contributed by atoms with van der Waals surface area (Å²) in [6.07, 6.45) is 0. The van der Waals surface area contributed by atoms with Crippen molar-refractivity contribution < 1.29 is 4.92 Å². The smallest absolute Gasteiger partial charge is 0.269 e. The second-order valence-corrected chi connectivity index (χ2v) is 3.78. The van der Waals surface area contributed by atoms with Crippen LogP contribution in [0.5, 0.6) is 0 Å². The van der Waals surface area contributed by atoms with Gasteiger partial charge in [0.2, 0.25) is 0 Å². The average Bonchev–Trinajstić information content (AvgIpc) is 2.14. The Morgan fingerprint density at radius 2 is 1.87 bits per heavy atom. The van der Waals surface area contributed by atoms with Crippen LogP contribution < -0.4 is 5.73 Å². The second-order valence-electron chi connectivity index (χ2n) is 3.78. The van der Waals surface area contributed by atoms with Crippen LogP contribution in [0.2, 0.25) is 0 Å². The summed E-state index contributed by atoms with van der Waals surface area (Å²) >= 11 is 0. The highest BCUT2D eigenvalue weighted by Crippen LogP contribution is 2.11. The Hall–Kier alpha value is -1.86. The second kappa shape index (κ2) is 4.11. The van der Waals surface area contributed by atoms with E-state index in [4.69, 9.17) is 5.73 Å². The SMILES string of the molecule is CC(C)(N)C#Cc1ccc([N+](=O)[O-])cc1. The molecule has 2 N–H and O–H groups in total. The van der Waals surface area contributed by atoms with E-state index in [1.807, 2.05) is 0 Å². The first-order valence-electron chi connectivity index (χ1n) is 4.45. The first-order chi connectivity index (χ1) is 6.88. The Morgan fingerprint density at radius 3 is 2.27 bits per heavy atom. The van der Waals surface area contributed by atoms with Gasteiger partial charge in [-0.2, -0.15) is 0 Å². The number of nitro groups is 1. The van der Waals surface area contributed by atoms with Gasteiger partial charge in [0.15, 0.2) is 0 Å². The molecule has 4 heteroatoms. The van der Waals surface area contributed by atoms with Gasteiger partial charge >= 0.3 is 0 Å². The molecule has 0 aliphatic carbocycles. The van der Waals surface area contributed by atoms with Crippen LogP contribution in [0.25, 0.3) is 0 Å². The van der Waals surface area contributed by atoms with Gasteiger partial charge in [-0.05, 0) is 26.0 Å². The largest absolute Gasteiger partial charge is 0.316 e. The normalized spacial score (nSPS) is 10.3. The number of hydrogen-bond acceptors (Lipinski definition) is 3. The van der Waals surface area contributed by atoms with Crippen LogP contribution in [0.15, 0.2) is 24.3 Å². The lowest BCUT2D eigenvalue weighted by Crippen LogP contribution is -2.29. The molecule has 0 unspecified atom stereocenters. The van der Waals surface area contributed by atoms with Gasteiger partial charge in [0.05, 0.1) is 10.5 Å². The molecule has 0 spiro atoms. The molecule has 0 amide bonds. The number of nitro benzene ring substituents is 1. The van der Waals surface area contributed by atoms with Crippen LogP contribution in [-0.2, 0) is 0 Å². The average molecular weight is 204 g/mol. The summed E-state index contributed by atoms with van der Waals surface area (Å²) in [6, 6.07) is 6.06. The predicted molar refractivity (Wildman–Crippen MR) is 58.2 cm³/mol. The predicted octanol–water partition coefficient (Wildman–Crippen LogP) is 1.68. The third kappa shape index (κ3) is 3.79. The van der Waals surface area contributed by atoms with Gasteiger partial charge in [-0.1, -0.05) is 11.8 Å². The highest BCUT2D eigenvalue weighted by atomic mass is 16.6. The number of non-ortho nitro benzene ring substituents is 1. The molecule has 15 heavy (non-hydrogen) atoms. The van der Waals surface area contributed by atoms with Crippen molar-refractivity contribution in [2.24, 2.45) is 5.73 Å². The van der Waals surface area contributed by atoms with Crippen molar-refractivity contribution in [3.05, 3.63) is 39.9 Å². The van der Waals surface area contributed by atoms with E-state index >= 15 is 0 Å². The van der Waals surface area contributed by atoms with E-state index in [2.05, 4.69) is 11.8 Å². The Labute approximate surface area is 88.2 Å². The maximum Gasteiger partial charge on any atom is 0.269 e. The summed E-state index contributed by atoms with van der Waals surface area (Å²) in [4.78, 5) is 9.94. The van der Waals surface area contributed by atoms with Crippen molar-refractivity contribution in [2.75, 3.05) is 0 Å². The molecule has 0 aromatic heterocycles. The van der Waals surface area contributed by atoms with E-state index in [1.54, 1.807) is 26.0 Å². The molecule has 0 atom stereocenters. The van der Waals surface area contributed by atoms with Gasteiger partial charge in [-0.3, -0.25) is 10.1 Å². The van der Waals surface area contributed by atoms with Gasteiger partial charge in [-0.15, -0.1) is 0 Å². The van der Waals surface area contributed by atoms with Gasteiger partial charge in [0.1, 0.15) is 0 Å². The third-order valence-electron chi connectivity index (χ3n) is 1.61. The quantitative estimate of drug-likeness (QED) is 0.430. The molecule has 0 saturated carbocycles. The molecule has 1 rings (SSSR count). The molecule has 1 aromatic carbocycles. The zero-order valence-electron chi connectivity index (χ0n) is 8.65. The molecular weight excluding hydrogens is 192 g/mol. The molecule has 0 heterocycles. The molecule has 1 aromatic rings. The number of nitrogens with zero attached hydrogens (tertiary/aromatic N) is 1. The summed E-state index contributed by atoms with van der Waals surface area (Å²) in [5, 5.41) is 10.4. The van der Waals surface area contributed by atoms with Crippen LogP contribution in [0.1, 0.15) is 19.4 Å². The zero-order valence-corrected chi connectivity index (χ0v) is 8.65. The number of hydrogen-bond donors (Lipinski definition) is 1. The molecule has 0 aliphatic heterocycles. The Bertz CT molecular complexity index is 419. The summed E-state index contributed by atoms with van der Waals surface area (Å²) in [6.45, 7) is 3.59. The van der Waals surface area contributed by atoms with Gasteiger partial charge in [0, 0.05) is 17.7 Å². The minimum atomic E-state index is -0.554. The van der Waals surface area contributed by atoms with Crippen LogP contribution in [0, 0.1) is 22.0 Å². The van der Waals surface area contributed by atoms with Crippen LogP contribution in [0.4, 0.5) is 5.69 Å². The number of nitrogens with two attached hydrogens (primary N) is 1. The van der Waals surface area contributed by atoms with E-state index in [9.17, 15) is 10.1 Å². The van der Waals surface area contributed by atoms with E-state index in [0.29, 0.717) is 0 Å². The maximum absolute atomic E-state index is 10.4. The lowest BCUT2D eigenvalue weighted by molar-refractivity contribution is -0.384. The lowest BCUT2D eigenvalue weighted by Gasteiger charge is -2.07. The Balaban J connectivity index is 2.89. The number of rotatable bonds is 1. The minimum Gasteiger partial charge on any atom is -0.316 e. The fraction of sp³-hybridized carbons (Fsp3) is 0.273. The van der Waals surface area contributed by atoms with E-state index < -0.39 is 10.5 Å². The monoisotopic (exact) mass is 204 g/mol. The molecule has 78 valence electrons. The van der Waals surface area contributed by atoms with Crippen LogP contribution >= 0.6 is 0 Å².